The van der Waals surface area contributed by atoms with E-state index in [1.54, 1.807) is 0 Å². The Bertz CT molecular complexity index is 368. The zero-order chi connectivity index (χ0) is 12.0. The molecule has 5 heteroatoms. The molecular formula is C11H14FNO3. The first-order valence-corrected chi connectivity index (χ1v) is 5.02. The van der Waals surface area contributed by atoms with Gasteiger partial charge < -0.3 is 15.5 Å². The molecule has 3 N–H and O–H groups in total. The third kappa shape index (κ3) is 3.51. The van der Waals surface area contributed by atoms with Crippen LogP contribution in [0.4, 0.5) is 4.39 Å². The second-order valence-electron chi connectivity index (χ2n) is 3.35. The second-order valence-corrected chi connectivity index (χ2v) is 3.35. The van der Waals surface area contributed by atoms with E-state index in [1.807, 2.05) is 0 Å². The molecule has 1 amide bonds. The third-order valence-corrected chi connectivity index (χ3v) is 2.07. The van der Waals surface area contributed by atoms with E-state index >= 15 is 0 Å². The minimum absolute atomic E-state index is 0.0705. The molecule has 4 nitrogen and oxygen atoms in total. The summed E-state index contributed by atoms with van der Waals surface area (Å²) in [6.45, 7) is 0.455. The maximum atomic E-state index is 12.8. The first-order valence-electron chi connectivity index (χ1n) is 5.02. The molecule has 0 saturated heterocycles. The van der Waals surface area contributed by atoms with E-state index < -0.39 is 11.7 Å². The Labute approximate surface area is 92.7 Å². The lowest BCUT2D eigenvalue weighted by molar-refractivity contribution is 0.0949. The summed E-state index contributed by atoms with van der Waals surface area (Å²) >= 11 is 0. The monoisotopic (exact) mass is 227 g/mol. The molecule has 88 valence electrons. The summed E-state index contributed by atoms with van der Waals surface area (Å²) in [6.07, 6.45) is 1.23. The number of carbonyl (C=O) groups excluding carboxylic acids is 1. The Hall–Kier alpha value is -1.62. The quantitative estimate of drug-likeness (QED) is 0.658. The average molecular weight is 227 g/mol. The van der Waals surface area contributed by atoms with Gasteiger partial charge in [0.15, 0.2) is 0 Å². The van der Waals surface area contributed by atoms with Crippen LogP contribution in [0.15, 0.2) is 18.2 Å². The van der Waals surface area contributed by atoms with Gasteiger partial charge in [-0.3, -0.25) is 4.79 Å². The van der Waals surface area contributed by atoms with Crippen LogP contribution in [0, 0.1) is 5.82 Å². The molecule has 0 radical (unpaired) electrons. The lowest BCUT2D eigenvalue weighted by Gasteiger charge is -2.06. The molecule has 0 unspecified atom stereocenters. The van der Waals surface area contributed by atoms with Crippen molar-refractivity contribution < 1.29 is 19.4 Å². The van der Waals surface area contributed by atoms with Crippen LogP contribution in [0.25, 0.3) is 0 Å². The molecule has 0 aliphatic rings. The van der Waals surface area contributed by atoms with Gasteiger partial charge in [0.2, 0.25) is 0 Å². The first kappa shape index (κ1) is 12.4. The molecule has 0 bridgehead atoms. The summed E-state index contributed by atoms with van der Waals surface area (Å²) in [4.78, 5) is 11.5. The number of aliphatic hydroxyl groups is 1. The maximum Gasteiger partial charge on any atom is 0.255 e. The van der Waals surface area contributed by atoms with Crippen LogP contribution in [-0.4, -0.2) is 29.3 Å². The summed E-state index contributed by atoms with van der Waals surface area (Å²) in [5.74, 6) is -1.34. The number of aliphatic hydroxyl groups excluding tert-OH is 1. The highest BCUT2D eigenvalue weighted by Crippen LogP contribution is 2.17. The molecule has 0 aliphatic carbocycles. The van der Waals surface area contributed by atoms with Gasteiger partial charge in [0.1, 0.15) is 11.6 Å². The van der Waals surface area contributed by atoms with Gasteiger partial charge in [-0.25, -0.2) is 4.39 Å². The van der Waals surface area contributed by atoms with Crippen molar-refractivity contribution in [1.82, 2.24) is 5.32 Å². The van der Waals surface area contributed by atoms with Crippen molar-refractivity contribution in [3.05, 3.63) is 29.6 Å². The predicted molar refractivity (Wildman–Crippen MR) is 56.7 cm³/mol. The topological polar surface area (TPSA) is 69.6 Å². The number of unbranched alkanes of at least 4 members (excludes halogenated alkanes) is 1. The molecule has 0 heterocycles. The molecule has 0 aliphatic heterocycles. The van der Waals surface area contributed by atoms with Gasteiger partial charge in [-0.05, 0) is 31.0 Å². The minimum Gasteiger partial charge on any atom is -0.507 e. The Balaban J connectivity index is 2.55. The predicted octanol–water partition coefficient (Wildman–Crippen LogP) is 1.03. The molecule has 0 spiro atoms. The van der Waals surface area contributed by atoms with E-state index in [-0.39, 0.29) is 17.9 Å². The lowest BCUT2D eigenvalue weighted by Crippen LogP contribution is -2.24. The van der Waals surface area contributed by atoms with E-state index in [2.05, 4.69) is 5.32 Å². The summed E-state index contributed by atoms with van der Waals surface area (Å²) < 4.78 is 12.8. The van der Waals surface area contributed by atoms with Crippen LogP contribution < -0.4 is 5.32 Å². The normalized spacial score (nSPS) is 10.1. The van der Waals surface area contributed by atoms with Crippen LogP contribution in [0.3, 0.4) is 0 Å². The fourth-order valence-electron chi connectivity index (χ4n) is 1.22. The van der Waals surface area contributed by atoms with Gasteiger partial charge in [0, 0.05) is 13.2 Å². The Morgan fingerprint density at radius 1 is 1.38 bits per heavy atom. The largest absolute Gasteiger partial charge is 0.507 e. The van der Waals surface area contributed by atoms with Crippen molar-refractivity contribution >= 4 is 5.91 Å². The zero-order valence-corrected chi connectivity index (χ0v) is 8.74. The number of phenols is 1. The molecule has 0 aromatic heterocycles. The Kier molecular flexibility index (Phi) is 4.72. The first-order chi connectivity index (χ1) is 7.65. The lowest BCUT2D eigenvalue weighted by atomic mass is 10.2. The maximum absolute atomic E-state index is 12.8. The van der Waals surface area contributed by atoms with E-state index in [0.717, 1.165) is 18.2 Å². The number of halogens is 1. The summed E-state index contributed by atoms with van der Waals surface area (Å²) in [5, 5.41) is 20.4. The molecular weight excluding hydrogens is 213 g/mol. The van der Waals surface area contributed by atoms with Crippen LogP contribution in [0.1, 0.15) is 23.2 Å². The van der Waals surface area contributed by atoms with Gasteiger partial charge in [-0.15, -0.1) is 0 Å². The fourth-order valence-corrected chi connectivity index (χ4v) is 1.22. The number of hydrogen-bond donors (Lipinski definition) is 3. The van der Waals surface area contributed by atoms with Crippen LogP contribution >= 0.6 is 0 Å². The van der Waals surface area contributed by atoms with Gasteiger partial charge in [0.25, 0.3) is 5.91 Å². The zero-order valence-electron chi connectivity index (χ0n) is 8.74. The molecule has 16 heavy (non-hydrogen) atoms. The Morgan fingerprint density at radius 3 is 2.81 bits per heavy atom. The highest BCUT2D eigenvalue weighted by atomic mass is 19.1. The van der Waals surface area contributed by atoms with E-state index in [4.69, 9.17) is 5.11 Å². The number of phenolic OH excluding ortho intramolecular Hbond substituents is 1. The molecule has 1 aromatic carbocycles. The van der Waals surface area contributed by atoms with Gasteiger partial charge in [0.05, 0.1) is 5.56 Å². The highest BCUT2D eigenvalue weighted by Gasteiger charge is 2.11. The molecule has 1 aromatic rings. The second kappa shape index (κ2) is 6.07. The van der Waals surface area contributed by atoms with Gasteiger partial charge in [-0.1, -0.05) is 0 Å². The van der Waals surface area contributed by atoms with Crippen molar-refractivity contribution in [2.45, 2.75) is 12.8 Å². The molecule has 0 fully saturated rings. The van der Waals surface area contributed by atoms with Crippen LogP contribution in [0.2, 0.25) is 0 Å². The smallest absolute Gasteiger partial charge is 0.255 e. The van der Waals surface area contributed by atoms with Crippen molar-refractivity contribution in [2.75, 3.05) is 13.2 Å². The standard InChI is InChI=1S/C11H14FNO3/c12-8-3-4-10(15)9(7-8)11(16)13-5-1-2-6-14/h3-4,7,14-15H,1-2,5-6H2,(H,13,16). The highest BCUT2D eigenvalue weighted by molar-refractivity contribution is 5.96. The number of carbonyl (C=O) groups is 1. The number of benzene rings is 1. The number of rotatable bonds is 5. The van der Waals surface area contributed by atoms with E-state index in [1.165, 1.54) is 0 Å². The molecule has 1 rings (SSSR count). The van der Waals surface area contributed by atoms with Crippen LogP contribution in [-0.2, 0) is 0 Å². The van der Waals surface area contributed by atoms with Gasteiger partial charge in [-0.2, -0.15) is 0 Å². The summed E-state index contributed by atoms with van der Waals surface area (Å²) in [6, 6.07) is 3.20. The van der Waals surface area contributed by atoms with Crippen molar-refractivity contribution in [2.24, 2.45) is 0 Å². The van der Waals surface area contributed by atoms with Crippen molar-refractivity contribution in [1.29, 1.82) is 0 Å². The minimum atomic E-state index is -0.571. The summed E-state index contributed by atoms with van der Waals surface area (Å²) in [7, 11) is 0. The van der Waals surface area contributed by atoms with Crippen molar-refractivity contribution in [3.8, 4) is 5.75 Å². The third-order valence-electron chi connectivity index (χ3n) is 2.07. The van der Waals surface area contributed by atoms with Crippen molar-refractivity contribution in [3.63, 3.8) is 0 Å². The fraction of sp³-hybridized carbons (Fsp3) is 0.364. The van der Waals surface area contributed by atoms with Gasteiger partial charge >= 0.3 is 0 Å². The molecule has 0 atom stereocenters. The Morgan fingerprint density at radius 2 is 2.12 bits per heavy atom. The van der Waals surface area contributed by atoms with E-state index in [0.29, 0.717) is 19.4 Å². The number of aromatic hydroxyl groups is 1. The number of hydrogen-bond acceptors (Lipinski definition) is 3. The SMILES string of the molecule is O=C(NCCCCO)c1cc(F)ccc1O. The number of nitrogens with one attached hydrogen (secondary N) is 1. The number of amides is 1. The van der Waals surface area contributed by atoms with E-state index in [9.17, 15) is 14.3 Å². The average Bonchev–Trinajstić information content (AvgIpc) is 2.27. The van der Waals surface area contributed by atoms with Crippen LogP contribution in [0.5, 0.6) is 5.75 Å². The molecule has 0 saturated carbocycles. The summed E-state index contributed by atoms with van der Waals surface area (Å²) in [5.41, 5.74) is -0.0796.